The van der Waals surface area contributed by atoms with Gasteiger partial charge in [0.25, 0.3) is 0 Å². The topological polar surface area (TPSA) is 166 Å². The van der Waals surface area contributed by atoms with E-state index in [4.69, 9.17) is 26.8 Å². The highest BCUT2D eigenvalue weighted by Gasteiger charge is 2.56. The fourth-order valence-corrected chi connectivity index (χ4v) is 2.60. The van der Waals surface area contributed by atoms with Crippen molar-refractivity contribution in [2.45, 2.75) is 56.5 Å². The molecule has 0 unspecified atom stereocenters. The van der Waals surface area contributed by atoms with Crippen LogP contribution in [0.3, 0.4) is 0 Å². The number of nitrogens with one attached hydrogen (secondary N) is 1. The monoisotopic (exact) mass is 367 g/mol. The molecule has 1 aliphatic rings. The SMILES string of the molecule is CC(=O)N[C@H]1[C@H]([C@H](O)[C@H](O)CO)O[C@](OC(C)=S)(C(=O)O)C[C@@H]1O. The zero-order valence-electron chi connectivity index (χ0n) is 13.1. The van der Waals surface area contributed by atoms with Crippen molar-refractivity contribution in [3.8, 4) is 0 Å². The molecule has 0 aromatic rings. The number of carboxylic acids is 1. The summed E-state index contributed by atoms with van der Waals surface area (Å²) in [4.78, 5) is 22.9. The van der Waals surface area contributed by atoms with E-state index >= 15 is 0 Å². The molecule has 1 rings (SSSR count). The lowest BCUT2D eigenvalue weighted by atomic mass is 9.88. The lowest BCUT2D eigenvalue weighted by Gasteiger charge is -2.46. The largest absolute Gasteiger partial charge is 0.476 e. The van der Waals surface area contributed by atoms with E-state index in [1.54, 1.807) is 0 Å². The Bertz CT molecular complexity index is 502. The number of aliphatic hydroxyl groups is 4. The van der Waals surface area contributed by atoms with Gasteiger partial charge < -0.3 is 40.3 Å². The first-order valence-electron chi connectivity index (χ1n) is 7.07. The van der Waals surface area contributed by atoms with Gasteiger partial charge in [0.05, 0.1) is 25.2 Å². The number of aliphatic hydroxyl groups excluding tert-OH is 4. The van der Waals surface area contributed by atoms with Gasteiger partial charge >= 0.3 is 11.8 Å². The van der Waals surface area contributed by atoms with Crippen LogP contribution in [0.2, 0.25) is 0 Å². The van der Waals surface area contributed by atoms with Gasteiger partial charge in [0.1, 0.15) is 18.3 Å². The predicted molar refractivity (Wildman–Crippen MR) is 81.9 cm³/mol. The highest BCUT2D eigenvalue weighted by molar-refractivity contribution is 7.80. The minimum Gasteiger partial charge on any atom is -0.476 e. The van der Waals surface area contributed by atoms with Crippen LogP contribution in [0.1, 0.15) is 20.3 Å². The summed E-state index contributed by atoms with van der Waals surface area (Å²) in [6, 6.07) is -1.24. The lowest BCUT2D eigenvalue weighted by molar-refractivity contribution is -0.288. The Balaban J connectivity index is 3.24. The first-order chi connectivity index (χ1) is 11.0. The van der Waals surface area contributed by atoms with E-state index in [2.05, 4.69) is 5.32 Å². The minimum absolute atomic E-state index is 0.182. The second-order valence-corrected chi connectivity index (χ2v) is 6.05. The molecule has 0 bridgehead atoms. The van der Waals surface area contributed by atoms with E-state index < -0.39 is 61.1 Å². The van der Waals surface area contributed by atoms with Gasteiger partial charge in [-0.05, 0) is 12.2 Å². The molecule has 0 radical (unpaired) electrons. The summed E-state index contributed by atoms with van der Waals surface area (Å²) in [5, 5.41) is 50.5. The van der Waals surface area contributed by atoms with Crippen LogP contribution in [0, 0.1) is 0 Å². The first-order valence-corrected chi connectivity index (χ1v) is 7.48. The molecular formula is C13H21NO9S. The molecule has 0 spiro atoms. The zero-order valence-corrected chi connectivity index (χ0v) is 13.9. The predicted octanol–water partition coefficient (Wildman–Crippen LogP) is -2.50. The Morgan fingerprint density at radius 3 is 2.42 bits per heavy atom. The molecule has 1 heterocycles. The van der Waals surface area contributed by atoms with Crippen molar-refractivity contribution >= 4 is 29.1 Å². The molecule has 1 amide bonds. The van der Waals surface area contributed by atoms with E-state index in [9.17, 15) is 30.0 Å². The average molecular weight is 367 g/mol. The third-order valence-electron chi connectivity index (χ3n) is 3.50. The maximum atomic E-state index is 11.6. The number of ether oxygens (including phenoxy) is 2. The second kappa shape index (κ2) is 8.14. The number of aliphatic carboxylic acids is 1. The summed E-state index contributed by atoms with van der Waals surface area (Å²) < 4.78 is 10.3. The molecule has 0 aromatic heterocycles. The van der Waals surface area contributed by atoms with E-state index in [1.165, 1.54) is 6.92 Å². The summed E-state index contributed by atoms with van der Waals surface area (Å²) in [6.45, 7) is 1.59. The lowest BCUT2D eigenvalue weighted by Crippen LogP contribution is -2.68. The van der Waals surface area contributed by atoms with Gasteiger partial charge in [-0.1, -0.05) is 0 Å². The molecule has 10 nitrogen and oxygen atoms in total. The van der Waals surface area contributed by atoms with Gasteiger partial charge in [0, 0.05) is 13.8 Å². The molecule has 11 heteroatoms. The number of carbonyl (C=O) groups excluding carboxylic acids is 1. The summed E-state index contributed by atoms with van der Waals surface area (Å²) >= 11 is 4.72. The molecule has 24 heavy (non-hydrogen) atoms. The van der Waals surface area contributed by atoms with Crippen LogP contribution in [0.25, 0.3) is 0 Å². The quantitative estimate of drug-likeness (QED) is 0.276. The number of amides is 1. The Hall–Kier alpha value is -1.37. The van der Waals surface area contributed by atoms with Crippen molar-refractivity contribution in [1.82, 2.24) is 5.32 Å². The van der Waals surface area contributed by atoms with E-state index in [-0.39, 0.29) is 5.05 Å². The summed E-state index contributed by atoms with van der Waals surface area (Å²) in [5.41, 5.74) is 0. The first kappa shape index (κ1) is 20.7. The van der Waals surface area contributed by atoms with Crippen LogP contribution in [-0.2, 0) is 19.1 Å². The average Bonchev–Trinajstić information content (AvgIpc) is 2.47. The van der Waals surface area contributed by atoms with Gasteiger partial charge in [-0.25, -0.2) is 4.79 Å². The number of rotatable bonds is 6. The second-order valence-electron chi connectivity index (χ2n) is 5.47. The van der Waals surface area contributed by atoms with Gasteiger partial charge in [-0.15, -0.1) is 0 Å². The van der Waals surface area contributed by atoms with Crippen LogP contribution in [0.15, 0.2) is 0 Å². The Kier molecular flexibility index (Phi) is 7.01. The molecule has 0 aromatic carbocycles. The Labute approximate surface area is 143 Å². The van der Waals surface area contributed by atoms with Crippen LogP contribution in [0.5, 0.6) is 0 Å². The Morgan fingerprint density at radius 2 is 2.00 bits per heavy atom. The van der Waals surface area contributed by atoms with Crippen molar-refractivity contribution < 1.29 is 44.6 Å². The number of carbonyl (C=O) groups is 2. The van der Waals surface area contributed by atoms with Gasteiger partial charge in [0.15, 0.2) is 5.05 Å². The molecule has 1 aliphatic heterocycles. The van der Waals surface area contributed by atoms with Crippen LogP contribution >= 0.6 is 12.2 Å². The molecule has 6 atom stereocenters. The van der Waals surface area contributed by atoms with Gasteiger partial charge in [0.2, 0.25) is 5.91 Å². The Morgan fingerprint density at radius 1 is 1.42 bits per heavy atom. The van der Waals surface area contributed by atoms with Crippen molar-refractivity contribution in [2.24, 2.45) is 0 Å². The molecule has 0 saturated carbocycles. The third kappa shape index (κ3) is 4.59. The normalized spacial score (nSPS) is 32.5. The number of thiocarbonyl (C=S) groups is 1. The van der Waals surface area contributed by atoms with Gasteiger partial charge in [-0.2, -0.15) is 0 Å². The smallest absolute Gasteiger partial charge is 0.377 e. The van der Waals surface area contributed by atoms with Gasteiger partial charge in [-0.3, -0.25) is 4.79 Å². The molecule has 1 fully saturated rings. The van der Waals surface area contributed by atoms with E-state index in [0.717, 1.165) is 6.92 Å². The fourth-order valence-electron chi connectivity index (χ4n) is 2.46. The van der Waals surface area contributed by atoms with Crippen molar-refractivity contribution in [3.05, 3.63) is 0 Å². The summed E-state index contributed by atoms with van der Waals surface area (Å²) in [6.07, 6.45) is -7.16. The van der Waals surface area contributed by atoms with E-state index in [1.807, 2.05) is 0 Å². The highest BCUT2D eigenvalue weighted by Crippen LogP contribution is 2.33. The minimum atomic E-state index is -2.40. The van der Waals surface area contributed by atoms with Crippen molar-refractivity contribution in [3.63, 3.8) is 0 Å². The summed E-state index contributed by atoms with van der Waals surface area (Å²) in [5.74, 6) is -4.59. The molecule has 6 N–H and O–H groups in total. The summed E-state index contributed by atoms with van der Waals surface area (Å²) in [7, 11) is 0. The zero-order chi connectivity index (χ0) is 18.7. The van der Waals surface area contributed by atoms with E-state index in [0.29, 0.717) is 0 Å². The third-order valence-corrected chi connectivity index (χ3v) is 3.58. The molecule has 0 aliphatic carbocycles. The van der Waals surface area contributed by atoms with Crippen LogP contribution in [0.4, 0.5) is 0 Å². The molecule has 1 saturated heterocycles. The highest BCUT2D eigenvalue weighted by atomic mass is 32.1. The maximum absolute atomic E-state index is 11.6. The maximum Gasteiger partial charge on any atom is 0.377 e. The number of carboxylic acid groups (broad SMARTS) is 1. The van der Waals surface area contributed by atoms with Crippen LogP contribution < -0.4 is 5.32 Å². The van der Waals surface area contributed by atoms with Crippen molar-refractivity contribution in [2.75, 3.05) is 6.61 Å². The number of hydrogen-bond donors (Lipinski definition) is 6. The van der Waals surface area contributed by atoms with Crippen LogP contribution in [-0.4, -0.2) is 85.3 Å². The van der Waals surface area contributed by atoms with Crippen molar-refractivity contribution in [1.29, 1.82) is 0 Å². The molecule has 138 valence electrons. The standard InChI is InChI=1S/C13H21NO9S/c1-5(16)14-9-7(17)3-13(12(20)21,22-6(2)24)23-11(9)10(19)8(18)4-15/h7-11,15,17-19H,3-4H2,1-2H3,(H,14,16)(H,20,21)/t7-,8+,9+,10+,11+,13-/m0/s1. The fraction of sp³-hybridized carbons (Fsp3) is 0.769. The molecular weight excluding hydrogens is 346 g/mol. The number of hydrogen-bond acceptors (Lipinski definition) is 9.